The highest BCUT2D eigenvalue weighted by Crippen LogP contribution is 2.17. The molecule has 3 N–H and O–H groups in total. The van der Waals surface area contributed by atoms with Gasteiger partial charge in [0.15, 0.2) is 0 Å². The molecule has 0 saturated heterocycles. The van der Waals surface area contributed by atoms with E-state index in [4.69, 9.17) is 4.74 Å². The van der Waals surface area contributed by atoms with Crippen molar-refractivity contribution < 1.29 is 24.5 Å². The SMILES string of the molecule is CCCCCCCC/C=C\CCCCCCCCCC(=O)OCCCCCCCCCCCCCCCCCC(=O)NC(CO)C(O)/C=C/CCCCCCCCCCCCCCCC. The number of hydrogen-bond acceptors (Lipinski definition) is 5. The van der Waals surface area contributed by atoms with Crippen molar-refractivity contribution in [3.05, 3.63) is 24.3 Å². The van der Waals surface area contributed by atoms with Crippen LogP contribution >= 0.6 is 0 Å². The number of aliphatic hydroxyl groups is 2. The summed E-state index contributed by atoms with van der Waals surface area (Å²) in [6, 6.07) is -0.634. The zero-order valence-electron chi connectivity index (χ0n) is 43.7. The number of carbonyl (C=O) groups is 2. The number of hydrogen-bond donors (Lipinski definition) is 3. The molecule has 6 nitrogen and oxygen atoms in total. The van der Waals surface area contributed by atoms with Gasteiger partial charge in [0, 0.05) is 12.8 Å². The molecule has 0 aromatic carbocycles. The van der Waals surface area contributed by atoms with Crippen molar-refractivity contribution in [2.24, 2.45) is 0 Å². The number of allylic oxidation sites excluding steroid dienone is 3. The van der Waals surface area contributed by atoms with Gasteiger partial charge in [-0.3, -0.25) is 9.59 Å². The second kappa shape index (κ2) is 54.9. The minimum Gasteiger partial charge on any atom is -0.466 e. The van der Waals surface area contributed by atoms with Crippen molar-refractivity contribution in [1.82, 2.24) is 5.32 Å². The van der Waals surface area contributed by atoms with Crippen LogP contribution in [0, 0.1) is 0 Å². The van der Waals surface area contributed by atoms with Crippen molar-refractivity contribution in [2.45, 2.75) is 328 Å². The predicted octanol–water partition coefficient (Wildman–Crippen LogP) is 17.9. The van der Waals surface area contributed by atoms with E-state index >= 15 is 0 Å². The summed E-state index contributed by atoms with van der Waals surface area (Å²) in [5.74, 6) is -0.0785. The Hall–Kier alpha value is -1.66. The predicted molar refractivity (Wildman–Crippen MR) is 283 cm³/mol. The fourth-order valence-corrected chi connectivity index (χ4v) is 8.98. The highest BCUT2D eigenvalue weighted by atomic mass is 16.5. The quantitative estimate of drug-likeness (QED) is 0.0321. The zero-order chi connectivity index (χ0) is 47.2. The van der Waals surface area contributed by atoms with E-state index in [1.165, 1.54) is 238 Å². The second-order valence-electron chi connectivity index (χ2n) is 20.0. The third-order valence-corrected chi connectivity index (χ3v) is 13.5. The number of nitrogens with one attached hydrogen (secondary N) is 1. The summed E-state index contributed by atoms with van der Waals surface area (Å²) in [7, 11) is 0. The van der Waals surface area contributed by atoms with Crippen LogP contribution in [0.15, 0.2) is 24.3 Å². The smallest absolute Gasteiger partial charge is 0.305 e. The molecule has 0 aliphatic heterocycles. The fraction of sp³-hybridized carbons (Fsp3) is 0.898. The molecule has 0 aromatic heterocycles. The molecule has 0 radical (unpaired) electrons. The first-order chi connectivity index (χ1) is 32.0. The Morgan fingerprint density at radius 3 is 1.09 bits per heavy atom. The second-order valence-corrected chi connectivity index (χ2v) is 20.0. The number of aliphatic hydroxyl groups excluding tert-OH is 2. The van der Waals surface area contributed by atoms with E-state index in [0.29, 0.717) is 19.4 Å². The molecule has 0 aliphatic rings. The summed E-state index contributed by atoms with van der Waals surface area (Å²) in [5, 5.41) is 23.1. The summed E-state index contributed by atoms with van der Waals surface area (Å²) in [4.78, 5) is 24.5. The van der Waals surface area contributed by atoms with Gasteiger partial charge in [-0.1, -0.05) is 269 Å². The lowest BCUT2D eigenvalue weighted by Crippen LogP contribution is -2.45. The number of esters is 1. The molecule has 0 heterocycles. The van der Waals surface area contributed by atoms with E-state index in [-0.39, 0.29) is 18.5 Å². The molecule has 2 unspecified atom stereocenters. The van der Waals surface area contributed by atoms with E-state index in [0.717, 1.165) is 51.4 Å². The van der Waals surface area contributed by atoms with Crippen LogP contribution in [0.5, 0.6) is 0 Å². The van der Waals surface area contributed by atoms with E-state index in [1.807, 2.05) is 6.08 Å². The number of amides is 1. The normalized spacial score (nSPS) is 12.7. The van der Waals surface area contributed by atoms with Gasteiger partial charge >= 0.3 is 5.97 Å². The molecular formula is C59H113NO5. The van der Waals surface area contributed by atoms with Gasteiger partial charge in [-0.15, -0.1) is 0 Å². The Morgan fingerprint density at radius 1 is 0.415 bits per heavy atom. The molecule has 0 spiro atoms. The van der Waals surface area contributed by atoms with Crippen LogP contribution in [0.4, 0.5) is 0 Å². The molecule has 0 aromatic rings. The van der Waals surface area contributed by atoms with Crippen LogP contribution in [0.25, 0.3) is 0 Å². The molecule has 6 heteroatoms. The van der Waals surface area contributed by atoms with Crippen molar-refractivity contribution in [3.8, 4) is 0 Å². The lowest BCUT2D eigenvalue weighted by atomic mass is 10.0. The van der Waals surface area contributed by atoms with Gasteiger partial charge in [-0.05, 0) is 57.8 Å². The van der Waals surface area contributed by atoms with Gasteiger partial charge in [-0.25, -0.2) is 0 Å². The van der Waals surface area contributed by atoms with Crippen molar-refractivity contribution in [3.63, 3.8) is 0 Å². The minimum atomic E-state index is -0.850. The summed E-state index contributed by atoms with van der Waals surface area (Å²) >= 11 is 0. The number of rotatable bonds is 54. The highest BCUT2D eigenvalue weighted by Gasteiger charge is 2.18. The van der Waals surface area contributed by atoms with Crippen LogP contribution < -0.4 is 5.32 Å². The standard InChI is InChI=1S/C59H113NO5/c1-3-5-7-9-11-13-15-17-19-21-25-29-33-37-41-45-49-53-59(64)65-54-50-46-42-38-34-30-26-22-24-28-32-36-40-44-48-52-58(63)60-56(55-61)57(62)51-47-43-39-35-31-27-23-20-18-16-14-12-10-8-6-4-2/h17,19,47,51,56-57,61-62H,3-16,18,20-46,48-50,52-55H2,1-2H3,(H,60,63)/b19-17-,51-47+. The molecule has 0 aliphatic carbocycles. The molecular weight excluding hydrogens is 803 g/mol. The van der Waals surface area contributed by atoms with Gasteiger partial charge in [0.25, 0.3) is 0 Å². The molecule has 2 atom stereocenters. The Labute approximate surface area is 405 Å². The van der Waals surface area contributed by atoms with Gasteiger partial charge in [0.05, 0.1) is 25.4 Å². The summed E-state index contributed by atoms with van der Waals surface area (Å²) in [6.45, 7) is 4.89. The maximum absolute atomic E-state index is 12.5. The van der Waals surface area contributed by atoms with Crippen molar-refractivity contribution in [1.29, 1.82) is 0 Å². The van der Waals surface area contributed by atoms with Gasteiger partial charge < -0.3 is 20.3 Å². The van der Waals surface area contributed by atoms with Crippen LogP contribution in [0.3, 0.4) is 0 Å². The Morgan fingerprint density at radius 2 is 0.723 bits per heavy atom. The largest absolute Gasteiger partial charge is 0.466 e. The van der Waals surface area contributed by atoms with Gasteiger partial charge in [0.2, 0.25) is 5.91 Å². The Bertz CT molecular complexity index is 1010. The van der Waals surface area contributed by atoms with E-state index in [9.17, 15) is 19.8 Å². The van der Waals surface area contributed by atoms with Crippen molar-refractivity contribution in [2.75, 3.05) is 13.2 Å². The summed E-state index contributed by atoms with van der Waals surface area (Å²) < 4.78 is 5.48. The van der Waals surface area contributed by atoms with E-state index in [2.05, 4.69) is 31.3 Å². The summed E-state index contributed by atoms with van der Waals surface area (Å²) in [6.07, 6.45) is 66.2. The molecule has 65 heavy (non-hydrogen) atoms. The van der Waals surface area contributed by atoms with Gasteiger partial charge in [0.1, 0.15) is 0 Å². The molecule has 384 valence electrons. The highest BCUT2D eigenvalue weighted by molar-refractivity contribution is 5.76. The molecule has 0 saturated carbocycles. The number of unbranched alkanes of at least 4 members (excludes halogenated alkanes) is 41. The maximum Gasteiger partial charge on any atom is 0.305 e. The van der Waals surface area contributed by atoms with Gasteiger partial charge in [-0.2, -0.15) is 0 Å². The molecule has 0 rings (SSSR count). The number of ether oxygens (including phenoxy) is 1. The topological polar surface area (TPSA) is 95.9 Å². The first-order valence-electron chi connectivity index (χ1n) is 29.1. The Balaban J connectivity index is 3.45. The molecule has 0 bridgehead atoms. The number of carbonyl (C=O) groups excluding carboxylic acids is 2. The van der Waals surface area contributed by atoms with E-state index < -0.39 is 12.1 Å². The molecule has 0 fully saturated rings. The van der Waals surface area contributed by atoms with Crippen molar-refractivity contribution >= 4 is 11.9 Å². The van der Waals surface area contributed by atoms with Crippen LogP contribution in [-0.2, 0) is 14.3 Å². The average Bonchev–Trinajstić information content (AvgIpc) is 3.31. The fourth-order valence-electron chi connectivity index (χ4n) is 8.98. The maximum atomic E-state index is 12.5. The van der Waals surface area contributed by atoms with Crippen LogP contribution in [0.2, 0.25) is 0 Å². The van der Waals surface area contributed by atoms with Crippen LogP contribution in [0.1, 0.15) is 316 Å². The Kier molecular flexibility index (Phi) is 53.5. The minimum absolute atomic E-state index is 0.00350. The lowest BCUT2D eigenvalue weighted by molar-refractivity contribution is -0.143. The van der Waals surface area contributed by atoms with Crippen LogP contribution in [-0.4, -0.2) is 47.4 Å². The monoisotopic (exact) mass is 916 g/mol. The first-order valence-corrected chi connectivity index (χ1v) is 29.1. The molecule has 1 amide bonds. The average molecular weight is 917 g/mol. The lowest BCUT2D eigenvalue weighted by Gasteiger charge is -2.20. The summed E-state index contributed by atoms with van der Waals surface area (Å²) in [5.41, 5.74) is 0. The third kappa shape index (κ3) is 51.6. The third-order valence-electron chi connectivity index (χ3n) is 13.5. The van der Waals surface area contributed by atoms with E-state index in [1.54, 1.807) is 6.08 Å². The zero-order valence-corrected chi connectivity index (χ0v) is 43.7. The first kappa shape index (κ1) is 63.3.